The fourth-order valence-electron chi connectivity index (χ4n) is 3.36. The Bertz CT molecular complexity index is 1050. The van der Waals surface area contributed by atoms with Gasteiger partial charge in [0.25, 0.3) is 5.91 Å². The number of fused-ring (bicyclic) bond motifs is 1. The van der Waals surface area contributed by atoms with E-state index >= 15 is 0 Å². The second kappa shape index (κ2) is 7.90. The van der Waals surface area contributed by atoms with E-state index in [1.54, 1.807) is 11.0 Å². The van der Waals surface area contributed by atoms with Crippen molar-refractivity contribution in [1.82, 2.24) is 20.0 Å². The molecule has 2 heterocycles. The first kappa shape index (κ1) is 18.9. The molecular formula is C21H19F2N5O. The number of hydrogen-bond acceptors (Lipinski definition) is 4. The lowest BCUT2D eigenvalue weighted by Gasteiger charge is -2.23. The normalized spacial score (nSPS) is 15.9. The number of carbonyl (C=O) groups excluding carboxylic acids is 1. The van der Waals surface area contributed by atoms with Crippen molar-refractivity contribution in [3.05, 3.63) is 71.8 Å². The monoisotopic (exact) mass is 395 g/mol. The number of hydrogen-bond donors (Lipinski definition) is 0. The summed E-state index contributed by atoms with van der Waals surface area (Å²) in [4.78, 5) is 14.4. The molecule has 1 atom stereocenters. The van der Waals surface area contributed by atoms with Crippen molar-refractivity contribution in [3.8, 4) is 0 Å². The summed E-state index contributed by atoms with van der Waals surface area (Å²) in [5.41, 5.74) is 2.38. The number of nitrogens with zero attached hydrogens (tertiary/aromatic N) is 5. The van der Waals surface area contributed by atoms with Gasteiger partial charge in [-0.25, -0.2) is 13.8 Å². The maximum Gasteiger partial charge on any atom is 0.269 e. The summed E-state index contributed by atoms with van der Waals surface area (Å²) in [6, 6.07) is 10.3. The predicted octanol–water partition coefficient (Wildman–Crippen LogP) is 4.01. The standard InChI is InChI=1S/C21H19F2N5O/c1-14(5-4-10-27-25-18-6-2-3-7-19(18)26-27)21(29)28-20(8-9-24-28)15-11-16(22)13-17(23)12-15/h2-3,6-7,9,11-13,20H,1,4-5,8,10H2. The van der Waals surface area contributed by atoms with Gasteiger partial charge in [-0.1, -0.05) is 18.7 Å². The van der Waals surface area contributed by atoms with Crippen LogP contribution in [-0.2, 0) is 11.3 Å². The lowest BCUT2D eigenvalue weighted by molar-refractivity contribution is -0.129. The maximum absolute atomic E-state index is 13.6. The van der Waals surface area contributed by atoms with Gasteiger partial charge in [-0.15, -0.1) is 0 Å². The van der Waals surface area contributed by atoms with Crippen LogP contribution in [0.25, 0.3) is 11.0 Å². The SMILES string of the molecule is C=C(CCCn1nc2ccccc2n1)C(=O)N1N=CCC1c1cc(F)cc(F)c1. The fraction of sp³-hybridized carbons (Fsp3) is 0.238. The molecule has 1 aliphatic rings. The highest BCUT2D eigenvalue weighted by Gasteiger charge is 2.30. The van der Waals surface area contributed by atoms with Crippen LogP contribution in [0.4, 0.5) is 8.78 Å². The lowest BCUT2D eigenvalue weighted by atomic mass is 10.0. The summed E-state index contributed by atoms with van der Waals surface area (Å²) in [7, 11) is 0. The van der Waals surface area contributed by atoms with E-state index in [4.69, 9.17) is 0 Å². The van der Waals surface area contributed by atoms with E-state index in [1.165, 1.54) is 17.1 Å². The number of rotatable bonds is 6. The quantitative estimate of drug-likeness (QED) is 0.593. The molecule has 0 saturated heterocycles. The van der Waals surface area contributed by atoms with Gasteiger partial charge in [-0.2, -0.15) is 20.1 Å². The lowest BCUT2D eigenvalue weighted by Crippen LogP contribution is -2.28. The van der Waals surface area contributed by atoms with E-state index in [0.717, 1.165) is 17.1 Å². The second-order valence-corrected chi connectivity index (χ2v) is 6.89. The third-order valence-corrected chi connectivity index (χ3v) is 4.77. The first-order valence-electron chi connectivity index (χ1n) is 9.31. The minimum absolute atomic E-state index is 0.355. The van der Waals surface area contributed by atoms with Crippen LogP contribution in [0.3, 0.4) is 0 Å². The molecular weight excluding hydrogens is 376 g/mol. The number of aryl methyl sites for hydroxylation is 1. The Kier molecular flexibility index (Phi) is 5.16. The van der Waals surface area contributed by atoms with Gasteiger partial charge >= 0.3 is 0 Å². The molecule has 29 heavy (non-hydrogen) atoms. The molecule has 0 spiro atoms. The Labute approximate surface area is 166 Å². The Morgan fingerprint density at radius 2 is 1.76 bits per heavy atom. The number of benzene rings is 2. The molecule has 1 unspecified atom stereocenters. The molecule has 8 heteroatoms. The number of carbonyl (C=O) groups is 1. The minimum Gasteiger partial charge on any atom is -0.268 e. The third kappa shape index (κ3) is 4.06. The van der Waals surface area contributed by atoms with Crippen LogP contribution >= 0.6 is 0 Å². The first-order chi connectivity index (χ1) is 14.0. The van der Waals surface area contributed by atoms with Gasteiger partial charge in [0.1, 0.15) is 22.7 Å². The van der Waals surface area contributed by atoms with E-state index < -0.39 is 17.7 Å². The molecule has 148 valence electrons. The molecule has 0 radical (unpaired) electrons. The predicted molar refractivity (Wildman–Crippen MR) is 105 cm³/mol. The smallest absolute Gasteiger partial charge is 0.268 e. The Balaban J connectivity index is 1.37. The van der Waals surface area contributed by atoms with Crippen molar-refractivity contribution in [2.24, 2.45) is 5.10 Å². The molecule has 1 aromatic heterocycles. The summed E-state index contributed by atoms with van der Waals surface area (Å²) in [6.07, 6.45) is 3.03. The largest absolute Gasteiger partial charge is 0.269 e. The summed E-state index contributed by atoms with van der Waals surface area (Å²) in [6.45, 7) is 4.42. The Hall–Kier alpha value is -3.42. The van der Waals surface area contributed by atoms with Gasteiger partial charge < -0.3 is 0 Å². The Morgan fingerprint density at radius 3 is 2.41 bits per heavy atom. The van der Waals surface area contributed by atoms with Crippen molar-refractivity contribution in [2.45, 2.75) is 31.8 Å². The molecule has 6 nitrogen and oxygen atoms in total. The highest BCUT2D eigenvalue weighted by molar-refractivity contribution is 5.94. The summed E-state index contributed by atoms with van der Waals surface area (Å²) >= 11 is 0. The van der Waals surface area contributed by atoms with Gasteiger partial charge in [-0.05, 0) is 42.7 Å². The van der Waals surface area contributed by atoms with Crippen LogP contribution in [0.2, 0.25) is 0 Å². The van der Waals surface area contributed by atoms with E-state index in [-0.39, 0.29) is 5.91 Å². The third-order valence-electron chi connectivity index (χ3n) is 4.77. The summed E-state index contributed by atoms with van der Waals surface area (Å²) in [5, 5.41) is 14.1. The van der Waals surface area contributed by atoms with Gasteiger partial charge in [0.05, 0.1) is 12.6 Å². The molecule has 1 aliphatic heterocycles. The molecule has 2 aromatic carbocycles. The summed E-state index contributed by atoms with van der Waals surface area (Å²) in [5.74, 6) is -1.72. The number of hydrazone groups is 1. The molecule has 0 saturated carbocycles. The molecule has 1 amide bonds. The van der Waals surface area contributed by atoms with Gasteiger partial charge in [0, 0.05) is 24.3 Å². The Morgan fingerprint density at radius 1 is 1.10 bits per heavy atom. The average molecular weight is 395 g/mol. The second-order valence-electron chi connectivity index (χ2n) is 6.89. The van der Waals surface area contributed by atoms with Crippen molar-refractivity contribution >= 4 is 23.2 Å². The van der Waals surface area contributed by atoms with Crippen molar-refractivity contribution in [1.29, 1.82) is 0 Å². The van der Waals surface area contributed by atoms with Crippen molar-refractivity contribution in [2.75, 3.05) is 0 Å². The van der Waals surface area contributed by atoms with E-state index in [1.807, 2.05) is 24.3 Å². The molecule has 0 aliphatic carbocycles. The van der Waals surface area contributed by atoms with E-state index in [2.05, 4.69) is 21.9 Å². The first-order valence-corrected chi connectivity index (χ1v) is 9.31. The van der Waals surface area contributed by atoms with Crippen LogP contribution < -0.4 is 0 Å². The zero-order valence-corrected chi connectivity index (χ0v) is 15.6. The van der Waals surface area contributed by atoms with Crippen LogP contribution in [-0.4, -0.2) is 32.1 Å². The number of amides is 1. The number of halogens is 2. The molecule has 0 bridgehead atoms. The fourth-order valence-corrected chi connectivity index (χ4v) is 3.36. The average Bonchev–Trinajstić information content (AvgIpc) is 3.33. The number of aromatic nitrogens is 3. The minimum atomic E-state index is -0.683. The molecule has 3 aromatic rings. The van der Waals surface area contributed by atoms with Crippen molar-refractivity contribution < 1.29 is 13.6 Å². The topological polar surface area (TPSA) is 63.4 Å². The van der Waals surface area contributed by atoms with Gasteiger partial charge in [-0.3, -0.25) is 4.79 Å². The summed E-state index contributed by atoms with van der Waals surface area (Å²) < 4.78 is 27.1. The highest BCUT2D eigenvalue weighted by atomic mass is 19.1. The van der Waals surface area contributed by atoms with Gasteiger partial charge in [0.15, 0.2) is 0 Å². The van der Waals surface area contributed by atoms with Crippen molar-refractivity contribution in [3.63, 3.8) is 0 Å². The molecule has 0 fully saturated rings. The van der Waals surface area contributed by atoms with Crippen LogP contribution in [0.1, 0.15) is 30.9 Å². The maximum atomic E-state index is 13.6. The highest BCUT2D eigenvalue weighted by Crippen LogP contribution is 2.30. The zero-order chi connectivity index (χ0) is 20.4. The molecule has 4 rings (SSSR count). The molecule has 0 N–H and O–H groups in total. The zero-order valence-electron chi connectivity index (χ0n) is 15.6. The van der Waals surface area contributed by atoms with Crippen LogP contribution in [0, 0.1) is 11.6 Å². The van der Waals surface area contributed by atoms with Gasteiger partial charge in [0.2, 0.25) is 0 Å². The van der Waals surface area contributed by atoms with Crippen LogP contribution in [0.5, 0.6) is 0 Å². The van der Waals surface area contributed by atoms with Crippen LogP contribution in [0.15, 0.2) is 59.7 Å². The van der Waals surface area contributed by atoms with E-state index in [0.29, 0.717) is 36.9 Å². The van der Waals surface area contributed by atoms with E-state index in [9.17, 15) is 13.6 Å².